The average Bonchev–Trinajstić information content (AvgIpc) is 2.28. The summed E-state index contributed by atoms with van der Waals surface area (Å²) >= 11 is 0. The zero-order chi connectivity index (χ0) is 12.3. The van der Waals surface area contributed by atoms with Crippen LogP contribution in [0.15, 0.2) is 24.3 Å². The molecule has 0 aromatic heterocycles. The van der Waals surface area contributed by atoms with E-state index in [1.807, 2.05) is 0 Å². The number of nitrogens with one attached hydrogen (secondary N) is 1. The minimum atomic E-state index is -0.0586. The number of ether oxygens (including phenoxy) is 1. The molecule has 3 heteroatoms. The van der Waals surface area contributed by atoms with Crippen molar-refractivity contribution in [3.8, 4) is 0 Å². The van der Waals surface area contributed by atoms with Gasteiger partial charge < -0.3 is 15.2 Å². The van der Waals surface area contributed by atoms with E-state index in [1.165, 1.54) is 11.1 Å². The third-order valence-corrected chi connectivity index (χ3v) is 3.59. The Morgan fingerprint density at radius 3 is 2.65 bits per heavy atom. The maximum absolute atomic E-state index is 9.35. The highest BCUT2D eigenvalue weighted by atomic mass is 16.5. The molecule has 0 spiro atoms. The molecule has 1 unspecified atom stereocenters. The Hall–Kier alpha value is -0.900. The summed E-state index contributed by atoms with van der Waals surface area (Å²) in [4.78, 5) is 0. The van der Waals surface area contributed by atoms with E-state index in [4.69, 9.17) is 4.74 Å². The molecular formula is C14H21NO2. The fourth-order valence-corrected chi connectivity index (χ4v) is 2.19. The monoisotopic (exact) mass is 235 g/mol. The molecule has 2 rings (SSSR count). The Kier molecular flexibility index (Phi) is 3.82. The summed E-state index contributed by atoms with van der Waals surface area (Å²) in [6, 6.07) is 8.70. The van der Waals surface area contributed by atoms with Gasteiger partial charge in [-0.05, 0) is 25.0 Å². The van der Waals surface area contributed by atoms with Crippen LogP contribution in [0.25, 0.3) is 0 Å². The number of benzene rings is 1. The Morgan fingerprint density at radius 2 is 2.12 bits per heavy atom. The van der Waals surface area contributed by atoms with Gasteiger partial charge in [0.1, 0.15) is 0 Å². The topological polar surface area (TPSA) is 41.5 Å². The van der Waals surface area contributed by atoms with E-state index in [2.05, 4.69) is 43.4 Å². The zero-order valence-electron chi connectivity index (χ0n) is 10.6. The molecule has 94 valence electrons. The second kappa shape index (κ2) is 5.17. The maximum atomic E-state index is 9.35. The van der Waals surface area contributed by atoms with Crippen molar-refractivity contribution in [1.82, 2.24) is 5.32 Å². The van der Waals surface area contributed by atoms with Crippen LogP contribution in [-0.2, 0) is 4.74 Å². The van der Waals surface area contributed by atoms with Crippen LogP contribution >= 0.6 is 0 Å². The normalized spacial score (nSPS) is 19.7. The summed E-state index contributed by atoms with van der Waals surface area (Å²) in [7, 11) is 0. The Bertz CT molecular complexity index is 369. The highest BCUT2D eigenvalue weighted by Gasteiger charge is 2.38. The molecule has 2 N–H and O–H groups in total. The van der Waals surface area contributed by atoms with Crippen molar-refractivity contribution < 1.29 is 9.84 Å². The van der Waals surface area contributed by atoms with E-state index in [9.17, 15) is 5.11 Å². The van der Waals surface area contributed by atoms with Gasteiger partial charge in [-0.25, -0.2) is 0 Å². The van der Waals surface area contributed by atoms with Crippen LogP contribution < -0.4 is 5.32 Å². The zero-order valence-corrected chi connectivity index (χ0v) is 10.6. The van der Waals surface area contributed by atoms with Crippen LogP contribution in [0.5, 0.6) is 0 Å². The largest absolute Gasteiger partial charge is 0.396 e. The van der Waals surface area contributed by atoms with Gasteiger partial charge in [-0.1, -0.05) is 24.3 Å². The van der Waals surface area contributed by atoms with Crippen molar-refractivity contribution in [3.05, 3.63) is 35.4 Å². The molecule has 3 nitrogen and oxygen atoms in total. The van der Waals surface area contributed by atoms with Crippen LogP contribution in [0.2, 0.25) is 0 Å². The molecule has 1 atom stereocenters. The quantitative estimate of drug-likeness (QED) is 0.815. The summed E-state index contributed by atoms with van der Waals surface area (Å²) < 4.78 is 5.19. The lowest BCUT2D eigenvalue weighted by atomic mass is 9.86. The molecule has 1 saturated heterocycles. The summed E-state index contributed by atoms with van der Waals surface area (Å²) in [5.74, 6) is 0. The minimum absolute atomic E-state index is 0.0586. The molecule has 0 amide bonds. The molecule has 0 bridgehead atoms. The van der Waals surface area contributed by atoms with Crippen LogP contribution in [-0.4, -0.2) is 31.5 Å². The molecule has 1 fully saturated rings. The molecule has 0 radical (unpaired) electrons. The van der Waals surface area contributed by atoms with Crippen molar-refractivity contribution in [2.45, 2.75) is 19.9 Å². The van der Waals surface area contributed by atoms with Gasteiger partial charge in [-0.2, -0.15) is 0 Å². The molecular weight excluding hydrogens is 214 g/mol. The summed E-state index contributed by atoms with van der Waals surface area (Å²) in [5.41, 5.74) is 2.56. The van der Waals surface area contributed by atoms with E-state index in [0.29, 0.717) is 19.3 Å². The average molecular weight is 235 g/mol. The van der Waals surface area contributed by atoms with Crippen LogP contribution in [0.4, 0.5) is 0 Å². The Labute approximate surface area is 103 Å². The van der Waals surface area contributed by atoms with E-state index < -0.39 is 0 Å². The highest BCUT2D eigenvalue weighted by Crippen LogP contribution is 2.27. The fraction of sp³-hybridized carbons (Fsp3) is 0.571. The van der Waals surface area contributed by atoms with Crippen molar-refractivity contribution in [2.24, 2.45) is 5.41 Å². The molecule has 1 aromatic carbocycles. The van der Waals surface area contributed by atoms with Crippen molar-refractivity contribution in [3.63, 3.8) is 0 Å². The van der Waals surface area contributed by atoms with E-state index in [-0.39, 0.29) is 12.0 Å². The molecule has 1 heterocycles. The van der Waals surface area contributed by atoms with Crippen molar-refractivity contribution >= 4 is 0 Å². The number of rotatable bonds is 5. The first-order valence-electron chi connectivity index (χ1n) is 6.14. The van der Waals surface area contributed by atoms with Crippen LogP contribution in [0, 0.1) is 12.3 Å². The van der Waals surface area contributed by atoms with Crippen LogP contribution in [0.1, 0.15) is 24.1 Å². The third kappa shape index (κ3) is 2.68. The number of aliphatic hydroxyl groups excluding tert-OH is 1. The number of aryl methyl sites for hydroxylation is 1. The molecule has 1 aromatic rings. The van der Waals surface area contributed by atoms with Crippen molar-refractivity contribution in [2.75, 3.05) is 26.4 Å². The molecule has 0 saturated carbocycles. The smallest absolute Gasteiger partial charge is 0.0579 e. The first-order chi connectivity index (χ1) is 8.17. The maximum Gasteiger partial charge on any atom is 0.0579 e. The van der Waals surface area contributed by atoms with Gasteiger partial charge in [-0.15, -0.1) is 0 Å². The highest BCUT2D eigenvalue weighted by molar-refractivity contribution is 5.28. The summed E-state index contributed by atoms with van der Waals surface area (Å²) in [5, 5.41) is 12.8. The van der Waals surface area contributed by atoms with E-state index in [1.54, 1.807) is 0 Å². The Morgan fingerprint density at radius 1 is 1.41 bits per heavy atom. The standard InChI is InChI=1S/C14H21NO2/c1-11-5-3-4-6-13(11)12(2)15-7-14(8-16)9-17-10-14/h3-6,12,15-16H,7-10H2,1-2H3. The van der Waals surface area contributed by atoms with Gasteiger partial charge in [0.2, 0.25) is 0 Å². The third-order valence-electron chi connectivity index (χ3n) is 3.59. The lowest BCUT2D eigenvalue weighted by Gasteiger charge is -2.40. The number of hydrogen-bond donors (Lipinski definition) is 2. The van der Waals surface area contributed by atoms with Gasteiger partial charge >= 0.3 is 0 Å². The molecule has 1 aliphatic heterocycles. The lowest BCUT2D eigenvalue weighted by Crippen LogP contribution is -2.52. The van der Waals surface area contributed by atoms with E-state index in [0.717, 1.165) is 6.54 Å². The van der Waals surface area contributed by atoms with Gasteiger partial charge in [0.05, 0.1) is 25.2 Å². The second-order valence-corrected chi connectivity index (χ2v) is 5.11. The Balaban J connectivity index is 1.93. The van der Waals surface area contributed by atoms with Gasteiger partial charge in [0.15, 0.2) is 0 Å². The number of aliphatic hydroxyl groups is 1. The van der Waals surface area contributed by atoms with Gasteiger partial charge in [0.25, 0.3) is 0 Å². The lowest BCUT2D eigenvalue weighted by molar-refractivity contribution is -0.135. The fourth-order valence-electron chi connectivity index (χ4n) is 2.19. The van der Waals surface area contributed by atoms with Gasteiger partial charge in [-0.3, -0.25) is 0 Å². The first-order valence-corrected chi connectivity index (χ1v) is 6.14. The summed E-state index contributed by atoms with van der Waals surface area (Å²) in [6.07, 6.45) is 0. The predicted octanol–water partition coefficient (Wildman–Crippen LogP) is 1.65. The second-order valence-electron chi connectivity index (χ2n) is 5.11. The molecule has 1 aliphatic rings. The minimum Gasteiger partial charge on any atom is -0.396 e. The van der Waals surface area contributed by atoms with E-state index >= 15 is 0 Å². The van der Waals surface area contributed by atoms with Crippen LogP contribution in [0.3, 0.4) is 0 Å². The molecule has 17 heavy (non-hydrogen) atoms. The summed E-state index contributed by atoms with van der Waals surface area (Å²) in [6.45, 7) is 6.61. The molecule has 0 aliphatic carbocycles. The van der Waals surface area contributed by atoms with Gasteiger partial charge in [0, 0.05) is 12.6 Å². The van der Waals surface area contributed by atoms with Crippen molar-refractivity contribution in [1.29, 1.82) is 0 Å². The predicted molar refractivity (Wildman–Crippen MR) is 67.9 cm³/mol. The SMILES string of the molecule is Cc1ccccc1C(C)NCC1(CO)COC1. The first kappa shape index (κ1) is 12.6. The number of hydrogen-bond acceptors (Lipinski definition) is 3.